The van der Waals surface area contributed by atoms with E-state index < -0.39 is 0 Å². The lowest BCUT2D eigenvalue weighted by molar-refractivity contribution is -0.137. The molecule has 1 unspecified atom stereocenters. The van der Waals surface area contributed by atoms with Crippen molar-refractivity contribution in [3.8, 4) is 5.75 Å². The first-order chi connectivity index (χ1) is 10.3. The molecule has 0 saturated carbocycles. The number of piperidine rings is 1. The van der Waals surface area contributed by atoms with E-state index in [1.54, 1.807) is 0 Å². The summed E-state index contributed by atoms with van der Waals surface area (Å²) in [6.07, 6.45) is 4.49. The largest absolute Gasteiger partial charge is 0.483 e. The van der Waals surface area contributed by atoms with Crippen LogP contribution in [-0.2, 0) is 11.3 Å². The fourth-order valence-electron chi connectivity index (χ4n) is 2.96. The zero-order chi connectivity index (χ0) is 15.1. The Labute approximate surface area is 127 Å². The van der Waals surface area contributed by atoms with Crippen LogP contribution in [0.5, 0.6) is 5.75 Å². The molecule has 0 aliphatic carbocycles. The van der Waals surface area contributed by atoms with Crippen molar-refractivity contribution in [2.45, 2.75) is 45.2 Å². The maximum absolute atomic E-state index is 12.4. The van der Waals surface area contributed by atoms with Crippen LogP contribution in [0.15, 0.2) is 24.3 Å². The number of likely N-dealkylation sites (tertiary alicyclic amines) is 1. The van der Waals surface area contributed by atoms with Gasteiger partial charge in [0.2, 0.25) is 0 Å². The zero-order valence-electron chi connectivity index (χ0n) is 13.1. The second-order valence-electron chi connectivity index (χ2n) is 5.57. The van der Waals surface area contributed by atoms with Gasteiger partial charge in [-0.2, -0.15) is 0 Å². The van der Waals surface area contributed by atoms with Crippen LogP contribution < -0.4 is 10.1 Å². The third-order valence-corrected chi connectivity index (χ3v) is 4.11. The molecule has 1 heterocycles. The molecule has 0 aromatic heterocycles. The zero-order valence-corrected chi connectivity index (χ0v) is 13.1. The SMILES string of the molecule is CCC1CCCCN1C(=O)COc1ccccc1CNC. The molecule has 1 aromatic rings. The molecule has 116 valence electrons. The fourth-order valence-corrected chi connectivity index (χ4v) is 2.96. The molecule has 1 atom stereocenters. The highest BCUT2D eigenvalue weighted by Gasteiger charge is 2.25. The summed E-state index contributed by atoms with van der Waals surface area (Å²) in [6.45, 7) is 3.90. The lowest BCUT2D eigenvalue weighted by Gasteiger charge is -2.35. The summed E-state index contributed by atoms with van der Waals surface area (Å²) in [6, 6.07) is 8.26. The van der Waals surface area contributed by atoms with E-state index in [2.05, 4.69) is 12.2 Å². The van der Waals surface area contributed by atoms with Crippen LogP contribution in [0.4, 0.5) is 0 Å². The maximum Gasteiger partial charge on any atom is 0.260 e. The number of benzene rings is 1. The topological polar surface area (TPSA) is 41.6 Å². The summed E-state index contributed by atoms with van der Waals surface area (Å²) in [5.74, 6) is 0.908. The molecule has 1 fully saturated rings. The third kappa shape index (κ3) is 4.21. The highest BCUT2D eigenvalue weighted by atomic mass is 16.5. The monoisotopic (exact) mass is 290 g/mol. The summed E-state index contributed by atoms with van der Waals surface area (Å²) in [5, 5.41) is 3.12. The van der Waals surface area contributed by atoms with Crippen molar-refractivity contribution in [3.05, 3.63) is 29.8 Å². The predicted molar refractivity (Wildman–Crippen MR) is 84.3 cm³/mol. The quantitative estimate of drug-likeness (QED) is 0.875. The molecule has 4 nitrogen and oxygen atoms in total. The van der Waals surface area contributed by atoms with Crippen LogP contribution in [0.3, 0.4) is 0 Å². The molecule has 1 aliphatic rings. The summed E-state index contributed by atoms with van der Waals surface area (Å²) >= 11 is 0. The lowest BCUT2D eigenvalue weighted by Crippen LogP contribution is -2.45. The number of amides is 1. The van der Waals surface area contributed by atoms with E-state index in [1.807, 2.05) is 36.2 Å². The smallest absolute Gasteiger partial charge is 0.260 e. The van der Waals surface area contributed by atoms with Gasteiger partial charge in [0.1, 0.15) is 5.75 Å². The van der Waals surface area contributed by atoms with Crippen molar-refractivity contribution >= 4 is 5.91 Å². The van der Waals surface area contributed by atoms with Crippen molar-refractivity contribution in [2.24, 2.45) is 0 Å². The number of hydrogen-bond donors (Lipinski definition) is 1. The van der Waals surface area contributed by atoms with Crippen LogP contribution in [0.25, 0.3) is 0 Å². The van der Waals surface area contributed by atoms with Crippen LogP contribution in [-0.4, -0.2) is 37.0 Å². The highest BCUT2D eigenvalue weighted by molar-refractivity contribution is 5.78. The molecule has 1 saturated heterocycles. The van der Waals surface area contributed by atoms with Gasteiger partial charge in [0.15, 0.2) is 6.61 Å². The molecular formula is C17H26N2O2. The van der Waals surface area contributed by atoms with Crippen molar-refractivity contribution in [1.29, 1.82) is 0 Å². The number of nitrogens with one attached hydrogen (secondary N) is 1. The summed E-state index contributed by atoms with van der Waals surface area (Å²) in [7, 11) is 1.90. The minimum atomic E-state index is 0.112. The number of rotatable bonds is 6. The number of para-hydroxylation sites is 1. The van der Waals surface area contributed by atoms with Crippen molar-refractivity contribution in [1.82, 2.24) is 10.2 Å². The predicted octanol–water partition coefficient (Wildman–Crippen LogP) is 2.58. The molecule has 1 aromatic carbocycles. The first kappa shape index (κ1) is 15.8. The number of nitrogens with zero attached hydrogens (tertiary/aromatic N) is 1. The van der Waals surface area contributed by atoms with Gasteiger partial charge in [0, 0.05) is 24.7 Å². The van der Waals surface area contributed by atoms with Gasteiger partial charge in [0.25, 0.3) is 5.91 Å². The number of hydrogen-bond acceptors (Lipinski definition) is 3. The molecule has 0 radical (unpaired) electrons. The number of ether oxygens (including phenoxy) is 1. The Morgan fingerprint density at radius 2 is 2.19 bits per heavy atom. The van der Waals surface area contributed by atoms with E-state index in [0.29, 0.717) is 6.04 Å². The van der Waals surface area contributed by atoms with Gasteiger partial charge < -0.3 is 15.0 Å². The average Bonchev–Trinajstić information content (AvgIpc) is 2.54. The van der Waals surface area contributed by atoms with Gasteiger partial charge in [-0.1, -0.05) is 25.1 Å². The van der Waals surface area contributed by atoms with Crippen LogP contribution >= 0.6 is 0 Å². The number of carbonyl (C=O) groups is 1. The van der Waals surface area contributed by atoms with Crippen molar-refractivity contribution in [2.75, 3.05) is 20.2 Å². The normalized spacial score (nSPS) is 18.6. The van der Waals surface area contributed by atoms with Gasteiger partial charge >= 0.3 is 0 Å². The van der Waals surface area contributed by atoms with Crippen molar-refractivity contribution < 1.29 is 9.53 Å². The minimum absolute atomic E-state index is 0.112. The Hall–Kier alpha value is -1.55. The molecule has 2 rings (SSSR count). The average molecular weight is 290 g/mol. The maximum atomic E-state index is 12.4. The molecule has 0 spiro atoms. The van der Waals surface area contributed by atoms with Crippen LogP contribution in [0.2, 0.25) is 0 Å². The van der Waals surface area contributed by atoms with E-state index >= 15 is 0 Å². The Morgan fingerprint density at radius 3 is 2.95 bits per heavy atom. The van der Waals surface area contributed by atoms with E-state index in [9.17, 15) is 4.79 Å². The number of carbonyl (C=O) groups excluding carboxylic acids is 1. The molecule has 1 aliphatic heterocycles. The van der Waals surface area contributed by atoms with Gasteiger partial charge in [-0.3, -0.25) is 4.79 Å². The summed E-state index contributed by atoms with van der Waals surface area (Å²) < 4.78 is 5.77. The van der Waals surface area contributed by atoms with Gasteiger partial charge in [-0.25, -0.2) is 0 Å². The molecule has 1 amide bonds. The first-order valence-electron chi connectivity index (χ1n) is 7.91. The Morgan fingerprint density at radius 1 is 1.38 bits per heavy atom. The Bertz CT molecular complexity index is 462. The summed E-state index contributed by atoms with van der Waals surface area (Å²) in [4.78, 5) is 14.4. The highest BCUT2D eigenvalue weighted by Crippen LogP contribution is 2.21. The Kier molecular flexibility index (Phi) is 6.05. The lowest BCUT2D eigenvalue weighted by atomic mass is 10.00. The van der Waals surface area contributed by atoms with E-state index in [-0.39, 0.29) is 12.5 Å². The second-order valence-corrected chi connectivity index (χ2v) is 5.57. The molecule has 4 heteroatoms. The first-order valence-corrected chi connectivity index (χ1v) is 7.91. The van der Waals surface area contributed by atoms with E-state index in [0.717, 1.165) is 43.7 Å². The van der Waals surface area contributed by atoms with Crippen LogP contribution in [0.1, 0.15) is 38.2 Å². The molecule has 21 heavy (non-hydrogen) atoms. The molecule has 1 N–H and O–H groups in total. The van der Waals surface area contributed by atoms with Gasteiger partial charge in [-0.05, 0) is 38.8 Å². The van der Waals surface area contributed by atoms with Crippen molar-refractivity contribution in [3.63, 3.8) is 0 Å². The second kappa shape index (κ2) is 8.03. The Balaban J connectivity index is 1.94. The standard InChI is InChI=1S/C17H26N2O2/c1-3-15-9-6-7-11-19(15)17(20)13-21-16-10-5-4-8-14(16)12-18-2/h4-5,8,10,15,18H,3,6-7,9,11-13H2,1-2H3. The minimum Gasteiger partial charge on any atom is -0.483 e. The van der Waals surface area contributed by atoms with Gasteiger partial charge in [0.05, 0.1) is 0 Å². The molecular weight excluding hydrogens is 264 g/mol. The third-order valence-electron chi connectivity index (χ3n) is 4.11. The van der Waals surface area contributed by atoms with E-state index in [4.69, 9.17) is 4.74 Å². The van der Waals surface area contributed by atoms with Crippen LogP contribution in [0, 0.1) is 0 Å². The summed E-state index contributed by atoms with van der Waals surface area (Å²) in [5.41, 5.74) is 1.08. The van der Waals surface area contributed by atoms with E-state index in [1.165, 1.54) is 6.42 Å². The van der Waals surface area contributed by atoms with Gasteiger partial charge in [-0.15, -0.1) is 0 Å². The fraction of sp³-hybridized carbons (Fsp3) is 0.588. The molecule has 0 bridgehead atoms.